The van der Waals surface area contributed by atoms with Gasteiger partial charge in [-0.15, -0.1) is 0 Å². The Balaban J connectivity index is 3.07. The lowest BCUT2D eigenvalue weighted by molar-refractivity contribution is -0.146. The van der Waals surface area contributed by atoms with Gasteiger partial charge in [-0.25, -0.2) is 4.79 Å². The first-order valence-corrected chi connectivity index (χ1v) is 5.57. The summed E-state index contributed by atoms with van der Waals surface area (Å²) >= 11 is 0. The standard InChI is InChI=1S/C11H20O7/c1-14-10(12)3-4-16-5-6-17-7-8-18-9-11(13)15-2/h3-9H2,1-2H3. The van der Waals surface area contributed by atoms with Crippen LogP contribution >= 0.6 is 0 Å². The van der Waals surface area contributed by atoms with Crippen LogP contribution in [0.2, 0.25) is 0 Å². The van der Waals surface area contributed by atoms with Crippen molar-refractivity contribution < 1.29 is 33.3 Å². The molecule has 0 bridgehead atoms. The number of carbonyl (C=O) groups excluding carboxylic acids is 2. The van der Waals surface area contributed by atoms with E-state index in [0.717, 1.165) is 0 Å². The molecule has 0 saturated heterocycles. The van der Waals surface area contributed by atoms with Gasteiger partial charge in [-0.1, -0.05) is 0 Å². The average molecular weight is 264 g/mol. The van der Waals surface area contributed by atoms with Crippen LogP contribution in [0, 0.1) is 0 Å². The van der Waals surface area contributed by atoms with Gasteiger partial charge in [0.1, 0.15) is 6.61 Å². The molecule has 18 heavy (non-hydrogen) atoms. The molecule has 0 aromatic rings. The summed E-state index contributed by atoms with van der Waals surface area (Å²) in [6.07, 6.45) is 0.235. The lowest BCUT2D eigenvalue weighted by Gasteiger charge is -2.06. The Bertz CT molecular complexity index is 205. The number of esters is 2. The van der Waals surface area contributed by atoms with Crippen LogP contribution in [-0.2, 0) is 33.3 Å². The van der Waals surface area contributed by atoms with Crippen LogP contribution in [0.3, 0.4) is 0 Å². The Labute approximate surface area is 106 Å². The summed E-state index contributed by atoms with van der Waals surface area (Å²) in [5.41, 5.74) is 0. The average Bonchev–Trinajstić information content (AvgIpc) is 2.40. The maximum atomic E-state index is 10.7. The van der Waals surface area contributed by atoms with Gasteiger partial charge in [0.05, 0.1) is 53.7 Å². The molecule has 0 aromatic carbocycles. The molecule has 0 N–H and O–H groups in total. The predicted molar refractivity (Wildman–Crippen MR) is 61.1 cm³/mol. The molecule has 0 atom stereocenters. The highest BCUT2D eigenvalue weighted by atomic mass is 16.6. The molecule has 0 fully saturated rings. The Morgan fingerprint density at radius 2 is 1.22 bits per heavy atom. The summed E-state index contributed by atoms with van der Waals surface area (Å²) in [6, 6.07) is 0. The van der Waals surface area contributed by atoms with Crippen molar-refractivity contribution in [2.45, 2.75) is 6.42 Å². The first-order valence-electron chi connectivity index (χ1n) is 5.57. The number of hydrogen-bond acceptors (Lipinski definition) is 7. The Hall–Kier alpha value is -1.18. The fourth-order valence-electron chi connectivity index (χ4n) is 0.912. The molecule has 7 nitrogen and oxygen atoms in total. The topological polar surface area (TPSA) is 80.3 Å². The van der Waals surface area contributed by atoms with Crippen molar-refractivity contribution in [2.75, 3.05) is 53.9 Å². The van der Waals surface area contributed by atoms with Crippen molar-refractivity contribution in [3.63, 3.8) is 0 Å². The highest BCUT2D eigenvalue weighted by Crippen LogP contribution is 1.87. The minimum atomic E-state index is -0.416. The molecule has 0 radical (unpaired) electrons. The summed E-state index contributed by atoms with van der Waals surface area (Å²) in [5, 5.41) is 0. The Kier molecular flexibility index (Phi) is 11.5. The van der Waals surface area contributed by atoms with E-state index in [1.165, 1.54) is 14.2 Å². The molecule has 0 aliphatic carbocycles. The molecule has 0 aliphatic heterocycles. The molecule has 0 heterocycles. The molecule has 0 aliphatic rings. The summed E-state index contributed by atoms with van der Waals surface area (Å²) in [7, 11) is 2.63. The maximum Gasteiger partial charge on any atom is 0.331 e. The van der Waals surface area contributed by atoms with E-state index in [2.05, 4.69) is 9.47 Å². The van der Waals surface area contributed by atoms with E-state index < -0.39 is 5.97 Å². The van der Waals surface area contributed by atoms with Crippen LogP contribution in [-0.4, -0.2) is 65.8 Å². The van der Waals surface area contributed by atoms with Crippen molar-refractivity contribution in [3.8, 4) is 0 Å². The van der Waals surface area contributed by atoms with Crippen LogP contribution in [0.1, 0.15) is 6.42 Å². The van der Waals surface area contributed by atoms with E-state index in [9.17, 15) is 9.59 Å². The summed E-state index contributed by atoms with van der Waals surface area (Å²) in [5.74, 6) is -0.715. The van der Waals surface area contributed by atoms with Gasteiger partial charge in [-0.05, 0) is 0 Å². The zero-order valence-corrected chi connectivity index (χ0v) is 10.8. The lowest BCUT2D eigenvalue weighted by Crippen LogP contribution is -2.15. The molecule has 0 amide bonds. The Morgan fingerprint density at radius 1 is 0.722 bits per heavy atom. The number of carbonyl (C=O) groups is 2. The molecular weight excluding hydrogens is 244 g/mol. The van der Waals surface area contributed by atoms with Crippen LogP contribution in [0.25, 0.3) is 0 Å². The molecule has 7 heteroatoms. The summed E-state index contributed by atoms with van der Waals surface area (Å²) in [4.78, 5) is 21.4. The normalized spacial score (nSPS) is 10.1. The molecule has 0 spiro atoms. The van der Waals surface area contributed by atoms with Gasteiger partial charge < -0.3 is 23.7 Å². The lowest BCUT2D eigenvalue weighted by atomic mass is 10.5. The third-order valence-corrected chi connectivity index (χ3v) is 1.87. The van der Waals surface area contributed by atoms with Crippen molar-refractivity contribution in [1.29, 1.82) is 0 Å². The quantitative estimate of drug-likeness (QED) is 0.377. The number of rotatable bonds is 11. The molecule has 106 valence electrons. The van der Waals surface area contributed by atoms with Gasteiger partial charge in [0.15, 0.2) is 0 Å². The number of ether oxygens (including phenoxy) is 5. The second-order valence-corrected chi connectivity index (χ2v) is 3.18. The van der Waals surface area contributed by atoms with Crippen LogP contribution in [0.4, 0.5) is 0 Å². The van der Waals surface area contributed by atoms with Crippen molar-refractivity contribution in [3.05, 3.63) is 0 Å². The third kappa shape index (κ3) is 11.3. The molecular formula is C11H20O7. The van der Waals surface area contributed by atoms with Crippen molar-refractivity contribution in [1.82, 2.24) is 0 Å². The highest BCUT2D eigenvalue weighted by Gasteiger charge is 2.00. The van der Waals surface area contributed by atoms with Gasteiger partial charge in [-0.3, -0.25) is 4.79 Å². The van der Waals surface area contributed by atoms with Gasteiger partial charge in [0, 0.05) is 0 Å². The number of hydrogen-bond donors (Lipinski definition) is 0. The van der Waals surface area contributed by atoms with Crippen molar-refractivity contribution >= 4 is 11.9 Å². The van der Waals surface area contributed by atoms with Crippen LogP contribution < -0.4 is 0 Å². The van der Waals surface area contributed by atoms with E-state index in [-0.39, 0.29) is 19.0 Å². The van der Waals surface area contributed by atoms with Gasteiger partial charge in [0.2, 0.25) is 0 Å². The van der Waals surface area contributed by atoms with Crippen molar-refractivity contribution in [2.24, 2.45) is 0 Å². The highest BCUT2D eigenvalue weighted by molar-refractivity contribution is 5.70. The van der Waals surface area contributed by atoms with Crippen LogP contribution in [0.5, 0.6) is 0 Å². The zero-order chi connectivity index (χ0) is 13.6. The van der Waals surface area contributed by atoms with Gasteiger partial charge >= 0.3 is 11.9 Å². The Morgan fingerprint density at radius 3 is 1.78 bits per heavy atom. The first kappa shape index (κ1) is 16.8. The van der Waals surface area contributed by atoms with Gasteiger partial charge in [-0.2, -0.15) is 0 Å². The van der Waals surface area contributed by atoms with E-state index in [1.54, 1.807) is 0 Å². The number of methoxy groups -OCH3 is 2. The van der Waals surface area contributed by atoms with E-state index in [1.807, 2.05) is 0 Å². The van der Waals surface area contributed by atoms with Crippen LogP contribution in [0.15, 0.2) is 0 Å². The third-order valence-electron chi connectivity index (χ3n) is 1.87. The summed E-state index contributed by atoms with van der Waals surface area (Å²) < 4.78 is 24.1. The zero-order valence-electron chi connectivity index (χ0n) is 10.8. The minimum absolute atomic E-state index is 0.0739. The predicted octanol–water partition coefficient (Wildman–Crippen LogP) is -0.228. The van der Waals surface area contributed by atoms with E-state index in [4.69, 9.17) is 14.2 Å². The van der Waals surface area contributed by atoms with E-state index >= 15 is 0 Å². The monoisotopic (exact) mass is 264 g/mol. The molecule has 0 saturated carbocycles. The minimum Gasteiger partial charge on any atom is -0.469 e. The fraction of sp³-hybridized carbons (Fsp3) is 0.818. The SMILES string of the molecule is COC(=O)CCOCCOCCOCC(=O)OC. The first-order chi connectivity index (χ1) is 8.70. The molecule has 0 aromatic heterocycles. The molecule has 0 unspecified atom stereocenters. The van der Waals surface area contributed by atoms with Gasteiger partial charge in [0.25, 0.3) is 0 Å². The second-order valence-electron chi connectivity index (χ2n) is 3.18. The maximum absolute atomic E-state index is 10.7. The smallest absolute Gasteiger partial charge is 0.331 e. The largest absolute Gasteiger partial charge is 0.469 e. The summed E-state index contributed by atoms with van der Waals surface area (Å²) in [6.45, 7) is 1.73. The van der Waals surface area contributed by atoms with E-state index in [0.29, 0.717) is 33.0 Å². The molecule has 0 rings (SSSR count). The fourth-order valence-corrected chi connectivity index (χ4v) is 0.912. The second kappa shape index (κ2) is 12.3.